The first-order valence-corrected chi connectivity index (χ1v) is 12.1. The normalized spacial score (nSPS) is 10.9. The van der Waals surface area contributed by atoms with Gasteiger partial charge in [-0.2, -0.15) is 5.21 Å². The van der Waals surface area contributed by atoms with Crippen LogP contribution in [0, 0.1) is 6.92 Å². The van der Waals surface area contributed by atoms with E-state index in [1.54, 1.807) is 18.9 Å². The number of aryl methyl sites for hydroxylation is 1. The summed E-state index contributed by atoms with van der Waals surface area (Å²) < 4.78 is 5.17. The summed E-state index contributed by atoms with van der Waals surface area (Å²) in [5.41, 5.74) is 5.75. The number of hydrogen-bond donors (Lipinski definition) is 2. The van der Waals surface area contributed by atoms with Crippen LogP contribution in [0.3, 0.4) is 0 Å². The number of amides is 1. The molecular weight excluding hydrogens is 446 g/mol. The zero-order chi connectivity index (χ0) is 23.8. The number of thioether (sulfide) groups is 1. The van der Waals surface area contributed by atoms with Crippen LogP contribution in [-0.2, 0) is 16.0 Å². The number of benzene rings is 3. The zero-order valence-electron chi connectivity index (χ0n) is 19.2. The fourth-order valence-corrected chi connectivity index (χ4v) is 4.51. The minimum atomic E-state index is -0.0498. The molecule has 0 unspecified atom stereocenters. The fraction of sp³-hybridized carbons (Fsp3) is 0.231. The van der Waals surface area contributed by atoms with Crippen LogP contribution in [0.4, 0.5) is 5.69 Å². The average Bonchev–Trinajstić information content (AvgIpc) is 3.39. The quantitative estimate of drug-likeness (QED) is 0.244. The second kappa shape index (κ2) is 11.6. The number of nitrogens with zero attached hydrogens (tertiary/aromatic N) is 3. The van der Waals surface area contributed by atoms with E-state index in [-0.39, 0.29) is 5.91 Å². The van der Waals surface area contributed by atoms with Crippen molar-refractivity contribution in [1.82, 2.24) is 20.6 Å². The average molecular weight is 474 g/mol. The van der Waals surface area contributed by atoms with Crippen molar-refractivity contribution < 1.29 is 9.53 Å². The third-order valence-corrected chi connectivity index (χ3v) is 6.47. The van der Waals surface area contributed by atoms with Crippen LogP contribution >= 0.6 is 11.8 Å². The Morgan fingerprint density at radius 3 is 2.59 bits per heavy atom. The molecule has 1 heterocycles. The van der Waals surface area contributed by atoms with Crippen LogP contribution < -0.4 is 5.32 Å². The lowest BCUT2D eigenvalue weighted by molar-refractivity contribution is -0.115. The summed E-state index contributed by atoms with van der Waals surface area (Å²) in [4.78, 5) is 13.9. The number of carbonyl (C=O) groups excluding carboxylic acids is 1. The van der Waals surface area contributed by atoms with Crippen molar-refractivity contribution in [2.24, 2.45) is 0 Å². The van der Waals surface area contributed by atoms with Crippen molar-refractivity contribution in [3.8, 4) is 22.5 Å². The first-order valence-electron chi connectivity index (χ1n) is 11.1. The molecule has 0 aliphatic heterocycles. The molecule has 0 saturated heterocycles. The molecule has 0 saturated carbocycles. The van der Waals surface area contributed by atoms with Gasteiger partial charge in [0.05, 0.1) is 12.1 Å². The minimum Gasteiger partial charge on any atom is -0.385 e. The highest BCUT2D eigenvalue weighted by atomic mass is 32.2. The molecule has 174 valence electrons. The number of ether oxygens (including phenoxy) is 1. The topological polar surface area (TPSA) is 92.8 Å². The molecule has 0 radical (unpaired) electrons. The van der Waals surface area contributed by atoms with E-state index in [2.05, 4.69) is 38.1 Å². The van der Waals surface area contributed by atoms with Gasteiger partial charge in [0.25, 0.3) is 0 Å². The van der Waals surface area contributed by atoms with E-state index in [0.717, 1.165) is 45.0 Å². The fourth-order valence-electron chi connectivity index (χ4n) is 3.60. The minimum absolute atomic E-state index is 0.0498. The van der Waals surface area contributed by atoms with Gasteiger partial charge in [0.1, 0.15) is 0 Å². The first-order chi connectivity index (χ1) is 16.6. The van der Waals surface area contributed by atoms with E-state index in [1.165, 1.54) is 5.56 Å². The molecule has 0 aliphatic rings. The van der Waals surface area contributed by atoms with Gasteiger partial charge in [0.2, 0.25) is 11.7 Å². The maximum atomic E-state index is 12.9. The van der Waals surface area contributed by atoms with Crippen molar-refractivity contribution in [3.05, 3.63) is 77.9 Å². The number of rotatable bonds is 10. The molecule has 0 spiro atoms. The summed E-state index contributed by atoms with van der Waals surface area (Å²) in [5.74, 6) is 1.37. The summed E-state index contributed by atoms with van der Waals surface area (Å²) in [5, 5.41) is 17.6. The molecule has 4 aromatic rings. The van der Waals surface area contributed by atoms with Crippen LogP contribution in [0.2, 0.25) is 0 Å². The third-order valence-electron chi connectivity index (χ3n) is 5.31. The number of H-pyrrole nitrogens is 1. The molecule has 2 N–H and O–H groups in total. The maximum Gasteiger partial charge on any atom is 0.228 e. The number of carbonyl (C=O) groups is 1. The van der Waals surface area contributed by atoms with Gasteiger partial charge < -0.3 is 10.1 Å². The van der Waals surface area contributed by atoms with E-state index in [0.29, 0.717) is 18.9 Å². The predicted octanol–water partition coefficient (Wildman–Crippen LogP) is 5.15. The Labute approximate surface area is 203 Å². The maximum absolute atomic E-state index is 12.9. The first kappa shape index (κ1) is 23.7. The second-order valence-electron chi connectivity index (χ2n) is 7.90. The molecule has 0 bridgehead atoms. The Morgan fingerprint density at radius 1 is 1.06 bits per heavy atom. The molecule has 3 aromatic carbocycles. The van der Waals surface area contributed by atoms with E-state index in [4.69, 9.17) is 4.74 Å². The van der Waals surface area contributed by atoms with Gasteiger partial charge >= 0.3 is 0 Å². The van der Waals surface area contributed by atoms with Gasteiger partial charge in [-0.3, -0.25) is 4.79 Å². The number of methoxy groups -OCH3 is 1. The molecule has 1 amide bonds. The van der Waals surface area contributed by atoms with Gasteiger partial charge in [0, 0.05) is 29.9 Å². The highest BCUT2D eigenvalue weighted by molar-refractivity contribution is 7.99. The summed E-state index contributed by atoms with van der Waals surface area (Å²) in [6.45, 7) is 2.74. The van der Waals surface area contributed by atoms with Crippen LogP contribution in [-0.4, -0.2) is 46.0 Å². The number of nitrogens with one attached hydrogen (secondary N) is 2. The van der Waals surface area contributed by atoms with Crippen LogP contribution in [0.5, 0.6) is 0 Å². The molecule has 0 aliphatic carbocycles. The van der Waals surface area contributed by atoms with Gasteiger partial charge in [0.15, 0.2) is 0 Å². The summed E-state index contributed by atoms with van der Waals surface area (Å²) in [6.07, 6.45) is 1.25. The highest BCUT2D eigenvalue weighted by Gasteiger charge is 2.14. The Hall–Kier alpha value is -3.49. The van der Waals surface area contributed by atoms with Crippen LogP contribution in [0.15, 0.2) is 71.6 Å². The molecule has 0 fully saturated rings. The van der Waals surface area contributed by atoms with Crippen molar-refractivity contribution in [3.63, 3.8) is 0 Å². The predicted molar refractivity (Wildman–Crippen MR) is 136 cm³/mol. The number of aromatic nitrogens is 4. The summed E-state index contributed by atoms with van der Waals surface area (Å²) in [6, 6.07) is 22.1. The van der Waals surface area contributed by atoms with E-state index in [9.17, 15) is 4.79 Å². The molecule has 34 heavy (non-hydrogen) atoms. The summed E-state index contributed by atoms with van der Waals surface area (Å²) in [7, 11) is 1.71. The van der Waals surface area contributed by atoms with Gasteiger partial charge in [-0.05, 0) is 47.4 Å². The lowest BCUT2D eigenvalue weighted by atomic mass is 9.99. The lowest BCUT2D eigenvalue weighted by Crippen LogP contribution is -2.15. The number of anilines is 1. The van der Waals surface area contributed by atoms with Crippen molar-refractivity contribution in [2.45, 2.75) is 24.7 Å². The number of hydrogen-bond acceptors (Lipinski definition) is 6. The Bertz CT molecular complexity index is 1230. The lowest BCUT2D eigenvalue weighted by Gasteiger charge is -2.14. The molecular formula is C26H27N5O2S. The van der Waals surface area contributed by atoms with Crippen molar-refractivity contribution in [2.75, 3.05) is 24.8 Å². The number of aromatic amines is 1. The van der Waals surface area contributed by atoms with Crippen molar-refractivity contribution >= 4 is 23.4 Å². The Kier molecular flexibility index (Phi) is 8.06. The van der Waals surface area contributed by atoms with Crippen molar-refractivity contribution in [1.29, 1.82) is 0 Å². The molecule has 7 nitrogen and oxygen atoms in total. The zero-order valence-corrected chi connectivity index (χ0v) is 20.1. The molecule has 8 heteroatoms. The van der Waals surface area contributed by atoms with Crippen LogP contribution in [0.1, 0.15) is 17.5 Å². The van der Waals surface area contributed by atoms with Gasteiger partial charge in [-0.1, -0.05) is 60.2 Å². The van der Waals surface area contributed by atoms with E-state index in [1.807, 2.05) is 61.5 Å². The Balaban J connectivity index is 1.62. The smallest absolute Gasteiger partial charge is 0.228 e. The largest absolute Gasteiger partial charge is 0.385 e. The number of tetrazole rings is 1. The molecule has 1 aromatic heterocycles. The summed E-state index contributed by atoms with van der Waals surface area (Å²) >= 11 is 1.71. The molecule has 0 atom stereocenters. The van der Waals surface area contributed by atoms with Crippen LogP contribution in [0.25, 0.3) is 22.5 Å². The second-order valence-corrected chi connectivity index (χ2v) is 9.03. The molecule has 4 rings (SSSR count). The standard InChI is InChI=1S/C26H27N5O2S/c1-18-8-10-19(11-9-18)16-25(32)27-23-17-20(12-13-24(23)34-15-5-14-33-2)21-6-3-4-7-22(21)26-28-30-31-29-26/h3-4,6-13,17H,5,14-16H2,1-2H3,(H,27,32)(H,28,29,30,31). The third kappa shape index (κ3) is 6.09. The van der Waals surface area contributed by atoms with Gasteiger partial charge in [-0.15, -0.1) is 22.0 Å². The van der Waals surface area contributed by atoms with E-state index >= 15 is 0 Å². The SMILES string of the molecule is COCCCSc1ccc(-c2ccccc2-c2nn[nH]n2)cc1NC(=O)Cc1ccc(C)cc1. The highest BCUT2D eigenvalue weighted by Crippen LogP contribution is 2.36. The monoisotopic (exact) mass is 473 g/mol. The van der Waals surface area contributed by atoms with Gasteiger partial charge in [-0.25, -0.2) is 0 Å². The van der Waals surface area contributed by atoms with E-state index < -0.39 is 0 Å². The Morgan fingerprint density at radius 2 is 1.85 bits per heavy atom.